The number of likely N-dealkylation sites (N-methyl/N-ethyl adjacent to an activating group) is 2. The van der Waals surface area contributed by atoms with Crippen molar-refractivity contribution in [1.29, 1.82) is 0 Å². The monoisotopic (exact) mass is 371 g/mol. The van der Waals surface area contributed by atoms with E-state index in [-0.39, 0.29) is 35.7 Å². The highest BCUT2D eigenvalue weighted by molar-refractivity contribution is 5.94. The Hall–Kier alpha value is -2.14. The van der Waals surface area contributed by atoms with Crippen molar-refractivity contribution >= 4 is 17.4 Å². The lowest BCUT2D eigenvalue weighted by Gasteiger charge is -2.26. The second-order valence-corrected chi connectivity index (χ2v) is 8.80. The van der Waals surface area contributed by atoms with Crippen LogP contribution < -0.4 is 10.2 Å². The minimum Gasteiger partial charge on any atom is -0.350 e. The summed E-state index contributed by atoms with van der Waals surface area (Å²) >= 11 is 0. The predicted octanol–water partition coefficient (Wildman–Crippen LogP) is 3.10. The Kier molecular flexibility index (Phi) is 6.15. The molecule has 0 unspecified atom stereocenters. The molecule has 1 aromatic rings. The van der Waals surface area contributed by atoms with Gasteiger partial charge in [-0.15, -0.1) is 0 Å². The van der Waals surface area contributed by atoms with Gasteiger partial charge >= 0.3 is 0 Å². The van der Waals surface area contributed by atoms with E-state index in [4.69, 9.17) is 0 Å². The summed E-state index contributed by atoms with van der Waals surface area (Å²) in [5.74, 6) is -0.0429. The van der Waals surface area contributed by atoms with Crippen LogP contribution in [0.15, 0.2) is 36.0 Å². The summed E-state index contributed by atoms with van der Waals surface area (Å²) in [4.78, 5) is 28.9. The molecule has 2 rings (SSSR count). The van der Waals surface area contributed by atoms with Gasteiger partial charge in [0.25, 0.3) is 0 Å². The SMILES string of the molecule is CCN(CC(=O)/C=C1/N(C)c2ccccc2C1(C)C)CC(=O)NC(C)(C)C. The molecule has 0 aliphatic carbocycles. The Bertz CT molecular complexity index is 744. The summed E-state index contributed by atoms with van der Waals surface area (Å²) in [6.07, 6.45) is 1.74. The zero-order chi connectivity index (χ0) is 20.4. The number of para-hydroxylation sites is 1. The molecule has 0 radical (unpaired) electrons. The molecule has 1 aromatic carbocycles. The van der Waals surface area contributed by atoms with Crippen LogP contribution in [0.5, 0.6) is 0 Å². The zero-order valence-corrected chi connectivity index (χ0v) is 17.7. The molecule has 0 spiro atoms. The number of anilines is 1. The Balaban J connectivity index is 2.10. The predicted molar refractivity (Wildman–Crippen MR) is 111 cm³/mol. The van der Waals surface area contributed by atoms with Crippen molar-refractivity contribution in [1.82, 2.24) is 10.2 Å². The van der Waals surface area contributed by atoms with Crippen LogP contribution in [0.3, 0.4) is 0 Å². The maximum absolute atomic E-state index is 12.7. The minimum absolute atomic E-state index is 0.0168. The molecule has 27 heavy (non-hydrogen) atoms. The molecule has 1 heterocycles. The standard InChI is InChI=1S/C22H33N3O2/c1-8-25(15-20(27)23-21(2,3)4)14-16(26)13-19-22(5,6)17-11-9-10-12-18(17)24(19)7/h9-13H,8,14-15H2,1-7H3,(H,23,27)/b19-13+. The van der Waals surface area contributed by atoms with Crippen LogP contribution in [0.1, 0.15) is 47.1 Å². The fourth-order valence-electron chi connectivity index (χ4n) is 3.62. The number of allylic oxidation sites excluding steroid dienone is 1. The number of fused-ring (bicyclic) bond motifs is 1. The third-order valence-electron chi connectivity index (χ3n) is 4.95. The molecule has 0 atom stereocenters. The normalized spacial score (nSPS) is 17.3. The molecule has 1 amide bonds. The Labute approximate surface area is 163 Å². The number of amides is 1. The second kappa shape index (κ2) is 7.85. The van der Waals surface area contributed by atoms with Gasteiger partial charge < -0.3 is 10.2 Å². The smallest absolute Gasteiger partial charge is 0.234 e. The summed E-state index contributed by atoms with van der Waals surface area (Å²) in [5, 5.41) is 2.95. The van der Waals surface area contributed by atoms with Gasteiger partial charge in [0, 0.05) is 35.5 Å². The van der Waals surface area contributed by atoms with Crippen LogP contribution in [0.25, 0.3) is 0 Å². The molecule has 0 aromatic heterocycles. The summed E-state index contributed by atoms with van der Waals surface area (Å²) < 4.78 is 0. The number of hydrogen-bond acceptors (Lipinski definition) is 4. The Morgan fingerprint density at radius 3 is 2.37 bits per heavy atom. The number of carbonyl (C=O) groups is 2. The summed E-state index contributed by atoms with van der Waals surface area (Å²) in [7, 11) is 2.00. The molecular formula is C22H33N3O2. The molecule has 5 heteroatoms. The van der Waals surface area contributed by atoms with Crippen molar-refractivity contribution in [2.75, 3.05) is 31.6 Å². The van der Waals surface area contributed by atoms with Gasteiger partial charge in [0.2, 0.25) is 5.91 Å². The molecule has 0 saturated carbocycles. The van der Waals surface area contributed by atoms with Gasteiger partial charge in [0.05, 0.1) is 13.1 Å². The molecule has 0 saturated heterocycles. The number of benzene rings is 1. The number of rotatable bonds is 6. The highest BCUT2D eigenvalue weighted by Gasteiger charge is 2.38. The molecule has 5 nitrogen and oxygen atoms in total. The number of nitrogens with zero attached hydrogens (tertiary/aromatic N) is 2. The Morgan fingerprint density at radius 2 is 1.81 bits per heavy atom. The van der Waals surface area contributed by atoms with Crippen LogP contribution in [0.4, 0.5) is 5.69 Å². The van der Waals surface area contributed by atoms with E-state index in [9.17, 15) is 9.59 Å². The maximum atomic E-state index is 12.7. The number of nitrogens with one attached hydrogen (secondary N) is 1. The highest BCUT2D eigenvalue weighted by atomic mass is 16.2. The van der Waals surface area contributed by atoms with E-state index in [1.807, 2.05) is 51.8 Å². The first-order valence-corrected chi connectivity index (χ1v) is 9.57. The topological polar surface area (TPSA) is 52.7 Å². The summed E-state index contributed by atoms with van der Waals surface area (Å²) in [6, 6.07) is 8.25. The molecule has 1 aliphatic rings. The minimum atomic E-state index is -0.273. The van der Waals surface area contributed by atoms with E-state index >= 15 is 0 Å². The first-order chi connectivity index (χ1) is 12.5. The zero-order valence-electron chi connectivity index (χ0n) is 17.7. The van der Waals surface area contributed by atoms with E-state index in [0.29, 0.717) is 6.54 Å². The molecule has 0 bridgehead atoms. The molecular weight excluding hydrogens is 338 g/mol. The van der Waals surface area contributed by atoms with Crippen molar-refractivity contribution < 1.29 is 9.59 Å². The van der Waals surface area contributed by atoms with Crippen molar-refractivity contribution in [3.63, 3.8) is 0 Å². The number of ketones is 1. The van der Waals surface area contributed by atoms with E-state index in [1.165, 1.54) is 5.56 Å². The van der Waals surface area contributed by atoms with Gasteiger partial charge in [0.1, 0.15) is 0 Å². The lowest BCUT2D eigenvalue weighted by molar-refractivity contribution is -0.124. The van der Waals surface area contributed by atoms with E-state index in [1.54, 1.807) is 6.08 Å². The van der Waals surface area contributed by atoms with Gasteiger partial charge in [-0.05, 0) is 38.9 Å². The van der Waals surface area contributed by atoms with Gasteiger partial charge in [-0.3, -0.25) is 14.5 Å². The molecule has 1 N–H and O–H groups in total. The number of hydrogen-bond donors (Lipinski definition) is 1. The van der Waals surface area contributed by atoms with E-state index in [2.05, 4.69) is 36.2 Å². The largest absolute Gasteiger partial charge is 0.350 e. The fourth-order valence-corrected chi connectivity index (χ4v) is 3.62. The molecule has 148 valence electrons. The average Bonchev–Trinajstić information content (AvgIpc) is 2.74. The summed E-state index contributed by atoms with van der Waals surface area (Å²) in [5.41, 5.74) is 2.86. The lowest BCUT2D eigenvalue weighted by atomic mass is 9.83. The quantitative estimate of drug-likeness (QED) is 0.781. The van der Waals surface area contributed by atoms with E-state index < -0.39 is 0 Å². The molecule has 0 fully saturated rings. The van der Waals surface area contributed by atoms with Crippen molar-refractivity contribution in [3.8, 4) is 0 Å². The van der Waals surface area contributed by atoms with Crippen LogP contribution in [-0.4, -0.2) is 48.8 Å². The number of carbonyl (C=O) groups excluding carboxylic acids is 2. The summed E-state index contributed by atoms with van der Waals surface area (Å²) in [6.45, 7) is 13.2. The van der Waals surface area contributed by atoms with E-state index in [0.717, 1.165) is 11.4 Å². The van der Waals surface area contributed by atoms with Crippen LogP contribution in [0, 0.1) is 0 Å². The first-order valence-electron chi connectivity index (χ1n) is 9.57. The van der Waals surface area contributed by atoms with Crippen LogP contribution in [-0.2, 0) is 15.0 Å². The third kappa shape index (κ3) is 4.98. The Morgan fingerprint density at radius 1 is 1.19 bits per heavy atom. The van der Waals surface area contributed by atoms with Crippen LogP contribution in [0.2, 0.25) is 0 Å². The van der Waals surface area contributed by atoms with Gasteiger partial charge in [-0.25, -0.2) is 0 Å². The van der Waals surface area contributed by atoms with Crippen molar-refractivity contribution in [2.45, 2.75) is 52.5 Å². The van der Waals surface area contributed by atoms with Crippen molar-refractivity contribution in [2.24, 2.45) is 0 Å². The van der Waals surface area contributed by atoms with Crippen molar-refractivity contribution in [3.05, 3.63) is 41.6 Å². The highest BCUT2D eigenvalue weighted by Crippen LogP contribution is 2.46. The van der Waals surface area contributed by atoms with Gasteiger partial charge in [0.15, 0.2) is 5.78 Å². The third-order valence-corrected chi connectivity index (χ3v) is 4.95. The van der Waals surface area contributed by atoms with Gasteiger partial charge in [-0.2, -0.15) is 0 Å². The van der Waals surface area contributed by atoms with Gasteiger partial charge in [-0.1, -0.05) is 39.0 Å². The maximum Gasteiger partial charge on any atom is 0.234 e. The lowest BCUT2D eigenvalue weighted by Crippen LogP contribution is -2.46. The average molecular weight is 372 g/mol. The van der Waals surface area contributed by atoms with Crippen LogP contribution >= 0.6 is 0 Å². The molecule has 1 aliphatic heterocycles. The first kappa shape index (κ1) is 21.2. The second-order valence-electron chi connectivity index (χ2n) is 8.80. The fraction of sp³-hybridized carbons (Fsp3) is 0.545.